The van der Waals surface area contributed by atoms with E-state index in [2.05, 4.69) is 25.4 Å². The van der Waals surface area contributed by atoms with Crippen LogP contribution < -0.4 is 0 Å². The fourth-order valence-electron chi connectivity index (χ4n) is 3.38. The minimum absolute atomic E-state index is 0.0186. The van der Waals surface area contributed by atoms with Crippen molar-refractivity contribution in [3.8, 4) is 0 Å². The number of aromatic nitrogens is 6. The van der Waals surface area contributed by atoms with Crippen molar-refractivity contribution < 1.29 is 4.79 Å². The molecule has 4 rings (SSSR count). The second-order valence-corrected chi connectivity index (χ2v) is 6.66. The Bertz CT molecular complexity index is 868. The Morgan fingerprint density at radius 2 is 1.93 bits per heavy atom. The van der Waals surface area contributed by atoms with Gasteiger partial charge in [0.1, 0.15) is 12.2 Å². The third kappa shape index (κ3) is 3.72. The van der Waals surface area contributed by atoms with Crippen LogP contribution in [-0.4, -0.2) is 71.6 Å². The number of imidazole rings is 1. The number of nitrogens with zero attached hydrogens (tertiary/aromatic N) is 8. The molecule has 0 unspecified atom stereocenters. The van der Waals surface area contributed by atoms with E-state index >= 15 is 0 Å². The molecule has 140 valence electrons. The van der Waals surface area contributed by atoms with Crippen molar-refractivity contribution in [2.24, 2.45) is 7.05 Å². The van der Waals surface area contributed by atoms with Crippen molar-refractivity contribution in [2.75, 3.05) is 26.2 Å². The van der Waals surface area contributed by atoms with Gasteiger partial charge in [0.05, 0.1) is 6.54 Å². The van der Waals surface area contributed by atoms with Gasteiger partial charge >= 0.3 is 0 Å². The van der Waals surface area contributed by atoms with Gasteiger partial charge in [-0.2, -0.15) is 0 Å². The van der Waals surface area contributed by atoms with E-state index in [0.29, 0.717) is 13.1 Å². The van der Waals surface area contributed by atoms with Crippen LogP contribution in [0.4, 0.5) is 0 Å². The van der Waals surface area contributed by atoms with Gasteiger partial charge in [-0.3, -0.25) is 9.69 Å². The smallest absolute Gasteiger partial charge is 0.252 e. The van der Waals surface area contributed by atoms with Gasteiger partial charge in [0.25, 0.3) is 5.91 Å². The summed E-state index contributed by atoms with van der Waals surface area (Å²) in [5, 5.41) is 11.4. The second-order valence-electron chi connectivity index (χ2n) is 6.66. The number of piperazine rings is 1. The topological polar surface area (TPSA) is 85.0 Å². The number of hydrogen-bond donors (Lipinski definition) is 0. The molecule has 0 N–H and O–H groups in total. The first-order valence-electron chi connectivity index (χ1n) is 8.97. The van der Waals surface area contributed by atoms with Crippen LogP contribution in [0, 0.1) is 0 Å². The Morgan fingerprint density at radius 3 is 2.56 bits per heavy atom. The number of amides is 1. The zero-order valence-electron chi connectivity index (χ0n) is 15.2. The van der Waals surface area contributed by atoms with E-state index in [1.807, 2.05) is 59.2 Å². The van der Waals surface area contributed by atoms with E-state index in [-0.39, 0.29) is 5.91 Å². The average Bonchev–Trinajstić information content (AvgIpc) is 3.36. The molecule has 0 radical (unpaired) electrons. The van der Waals surface area contributed by atoms with Crippen LogP contribution >= 0.6 is 0 Å². The predicted molar refractivity (Wildman–Crippen MR) is 97.5 cm³/mol. The molecule has 1 aromatic carbocycles. The number of carbonyl (C=O) groups is 1. The molecular formula is C18H22N8O. The van der Waals surface area contributed by atoms with Crippen LogP contribution in [0.3, 0.4) is 0 Å². The fourth-order valence-corrected chi connectivity index (χ4v) is 3.38. The SMILES string of the molecule is Cn1ccnc1CN1CCN(C(=O)[C@@H](c2ccccc2)n2cnnn2)CC1. The summed E-state index contributed by atoms with van der Waals surface area (Å²) in [5.41, 5.74) is 0.880. The molecule has 1 atom stereocenters. The van der Waals surface area contributed by atoms with Crippen LogP contribution in [0.5, 0.6) is 0 Å². The number of benzene rings is 1. The minimum atomic E-state index is -0.540. The molecule has 9 nitrogen and oxygen atoms in total. The highest BCUT2D eigenvalue weighted by Gasteiger charge is 2.30. The van der Waals surface area contributed by atoms with Crippen molar-refractivity contribution in [1.82, 2.24) is 39.6 Å². The largest absolute Gasteiger partial charge is 0.338 e. The van der Waals surface area contributed by atoms with E-state index in [9.17, 15) is 4.79 Å². The lowest BCUT2D eigenvalue weighted by atomic mass is 10.1. The van der Waals surface area contributed by atoms with Gasteiger partial charge < -0.3 is 9.47 Å². The van der Waals surface area contributed by atoms with E-state index in [4.69, 9.17) is 0 Å². The van der Waals surface area contributed by atoms with Gasteiger partial charge in [-0.1, -0.05) is 30.3 Å². The second kappa shape index (κ2) is 7.67. The monoisotopic (exact) mass is 366 g/mol. The summed E-state index contributed by atoms with van der Waals surface area (Å²) >= 11 is 0. The molecule has 27 heavy (non-hydrogen) atoms. The highest BCUT2D eigenvalue weighted by molar-refractivity contribution is 5.83. The zero-order valence-corrected chi connectivity index (χ0v) is 15.2. The lowest BCUT2D eigenvalue weighted by Crippen LogP contribution is -2.50. The summed E-state index contributed by atoms with van der Waals surface area (Å²) < 4.78 is 3.55. The Kier molecular flexibility index (Phi) is 4.93. The van der Waals surface area contributed by atoms with Crippen LogP contribution in [0.15, 0.2) is 49.1 Å². The van der Waals surface area contributed by atoms with Crippen molar-refractivity contribution in [1.29, 1.82) is 0 Å². The highest BCUT2D eigenvalue weighted by Crippen LogP contribution is 2.21. The van der Waals surface area contributed by atoms with Crippen LogP contribution in [-0.2, 0) is 18.4 Å². The molecule has 1 fully saturated rings. The normalized spacial score (nSPS) is 16.4. The molecule has 9 heteroatoms. The van der Waals surface area contributed by atoms with E-state index < -0.39 is 6.04 Å². The molecule has 1 aliphatic heterocycles. The Balaban J connectivity index is 1.45. The molecule has 1 saturated heterocycles. The first-order valence-corrected chi connectivity index (χ1v) is 8.97. The Labute approximate surface area is 157 Å². The van der Waals surface area contributed by atoms with E-state index in [1.165, 1.54) is 11.0 Å². The molecule has 0 bridgehead atoms. The van der Waals surface area contributed by atoms with Crippen LogP contribution in [0.1, 0.15) is 17.4 Å². The number of tetrazole rings is 1. The summed E-state index contributed by atoms with van der Waals surface area (Å²) in [5.74, 6) is 1.05. The standard InChI is InChI=1S/C18H22N8O/c1-23-8-7-19-16(23)13-24-9-11-25(12-10-24)18(27)17(26-14-20-21-22-26)15-5-3-2-4-6-15/h2-8,14,17H,9-13H2,1H3/t17-/m1/s1. The van der Waals surface area contributed by atoms with Crippen molar-refractivity contribution in [2.45, 2.75) is 12.6 Å². The lowest BCUT2D eigenvalue weighted by molar-refractivity contribution is -0.135. The molecular weight excluding hydrogens is 344 g/mol. The summed E-state index contributed by atoms with van der Waals surface area (Å²) in [6.45, 7) is 3.77. The maximum atomic E-state index is 13.2. The molecule has 2 aromatic heterocycles. The average molecular weight is 366 g/mol. The summed E-state index contributed by atoms with van der Waals surface area (Å²) in [6, 6.07) is 9.10. The third-order valence-corrected chi connectivity index (χ3v) is 4.95. The summed E-state index contributed by atoms with van der Waals surface area (Å²) in [4.78, 5) is 21.8. The van der Waals surface area contributed by atoms with Crippen LogP contribution in [0.2, 0.25) is 0 Å². The fraction of sp³-hybridized carbons (Fsp3) is 0.389. The molecule has 0 saturated carbocycles. The quantitative estimate of drug-likeness (QED) is 0.647. The van der Waals surface area contributed by atoms with Gasteiger partial charge in [0.2, 0.25) is 0 Å². The number of aryl methyl sites for hydroxylation is 1. The van der Waals surface area contributed by atoms with E-state index in [0.717, 1.165) is 31.0 Å². The third-order valence-electron chi connectivity index (χ3n) is 4.95. The maximum absolute atomic E-state index is 13.2. The number of hydrogen-bond acceptors (Lipinski definition) is 6. The highest BCUT2D eigenvalue weighted by atomic mass is 16.2. The summed E-state index contributed by atoms with van der Waals surface area (Å²) in [7, 11) is 2.00. The van der Waals surface area contributed by atoms with Crippen LogP contribution in [0.25, 0.3) is 0 Å². The maximum Gasteiger partial charge on any atom is 0.252 e. The van der Waals surface area contributed by atoms with Gasteiger partial charge in [-0.05, 0) is 16.0 Å². The van der Waals surface area contributed by atoms with Crippen molar-refractivity contribution >= 4 is 5.91 Å². The minimum Gasteiger partial charge on any atom is -0.338 e. The zero-order chi connectivity index (χ0) is 18.6. The van der Waals surface area contributed by atoms with Crippen molar-refractivity contribution in [3.05, 3.63) is 60.4 Å². The lowest BCUT2D eigenvalue weighted by Gasteiger charge is -2.36. The van der Waals surface area contributed by atoms with Gasteiger partial charge in [-0.15, -0.1) is 5.10 Å². The number of carbonyl (C=O) groups excluding carboxylic acids is 1. The molecule has 3 aromatic rings. The first-order chi connectivity index (χ1) is 13.2. The Morgan fingerprint density at radius 1 is 1.15 bits per heavy atom. The Hall–Kier alpha value is -3.07. The van der Waals surface area contributed by atoms with Gasteiger partial charge in [0.15, 0.2) is 6.04 Å². The van der Waals surface area contributed by atoms with Crippen molar-refractivity contribution in [3.63, 3.8) is 0 Å². The predicted octanol–water partition coefficient (Wildman–Crippen LogP) is 0.340. The van der Waals surface area contributed by atoms with Gasteiger partial charge in [0, 0.05) is 45.6 Å². The number of rotatable bonds is 5. The first kappa shape index (κ1) is 17.3. The molecule has 0 spiro atoms. The molecule has 1 aliphatic rings. The molecule has 0 aliphatic carbocycles. The summed E-state index contributed by atoms with van der Waals surface area (Å²) in [6.07, 6.45) is 5.25. The molecule has 1 amide bonds. The van der Waals surface area contributed by atoms with E-state index in [1.54, 1.807) is 0 Å². The van der Waals surface area contributed by atoms with Gasteiger partial charge in [-0.25, -0.2) is 9.67 Å². The molecule has 3 heterocycles.